The summed E-state index contributed by atoms with van der Waals surface area (Å²) in [4.78, 5) is 23.9. The zero-order valence-electron chi connectivity index (χ0n) is 12.6. The number of hydrogen-bond acceptors (Lipinski definition) is 6. The fourth-order valence-electron chi connectivity index (χ4n) is 2.31. The minimum atomic E-state index is -0.573. The minimum absolute atomic E-state index is 0.0746. The number of esters is 1. The Balaban J connectivity index is 1.91. The van der Waals surface area contributed by atoms with Crippen LogP contribution in [0.25, 0.3) is 6.08 Å². The largest absolute Gasteiger partial charge is 0.493 e. The van der Waals surface area contributed by atoms with E-state index in [1.165, 1.54) is 20.3 Å². The molecule has 23 heavy (non-hydrogen) atoms. The first-order valence-electron chi connectivity index (χ1n) is 6.87. The molecule has 0 N–H and O–H groups in total. The number of methoxy groups -OCH3 is 2. The molecule has 0 radical (unpaired) electrons. The quantitative estimate of drug-likeness (QED) is 0.640. The van der Waals surface area contributed by atoms with Gasteiger partial charge in [0.1, 0.15) is 12.4 Å². The van der Waals surface area contributed by atoms with Gasteiger partial charge in [-0.25, -0.2) is 4.79 Å². The van der Waals surface area contributed by atoms with Crippen molar-refractivity contribution in [3.05, 3.63) is 53.0 Å². The second-order valence-corrected chi connectivity index (χ2v) is 4.82. The van der Waals surface area contributed by atoms with Gasteiger partial charge in [-0.15, -0.1) is 0 Å². The summed E-state index contributed by atoms with van der Waals surface area (Å²) in [6, 6.07) is 8.21. The number of Topliss-reactive ketones (excluding diaryl/α,β-unsaturated/α-hetero) is 1. The van der Waals surface area contributed by atoms with E-state index in [2.05, 4.69) is 4.74 Å². The average Bonchev–Trinajstić information content (AvgIpc) is 3.05. The van der Waals surface area contributed by atoms with Crippen LogP contribution in [-0.2, 0) is 4.74 Å². The lowest BCUT2D eigenvalue weighted by Gasteiger charge is -2.20. The second kappa shape index (κ2) is 6.00. The molecule has 1 aromatic carbocycles. The van der Waals surface area contributed by atoms with E-state index in [0.29, 0.717) is 28.4 Å². The molecule has 0 amide bonds. The molecule has 6 heteroatoms. The number of para-hydroxylation sites is 1. The van der Waals surface area contributed by atoms with Crippen molar-refractivity contribution >= 4 is 17.8 Å². The SMILES string of the molecule is COC(=O)c1ccc(/C=C2\COc3c(OC)cccc3C2=O)o1. The molecule has 1 aliphatic heterocycles. The van der Waals surface area contributed by atoms with Gasteiger partial charge in [0.25, 0.3) is 0 Å². The van der Waals surface area contributed by atoms with E-state index in [0.717, 1.165) is 0 Å². The van der Waals surface area contributed by atoms with Crippen molar-refractivity contribution in [3.8, 4) is 11.5 Å². The molecule has 0 saturated heterocycles. The maximum Gasteiger partial charge on any atom is 0.373 e. The highest BCUT2D eigenvalue weighted by atomic mass is 16.5. The van der Waals surface area contributed by atoms with Crippen LogP contribution in [0, 0.1) is 0 Å². The Morgan fingerprint density at radius 2 is 2.04 bits per heavy atom. The average molecular weight is 314 g/mol. The third-order valence-electron chi connectivity index (χ3n) is 3.44. The number of ketones is 1. The molecule has 1 aliphatic rings. The van der Waals surface area contributed by atoms with E-state index < -0.39 is 5.97 Å². The van der Waals surface area contributed by atoms with E-state index in [1.54, 1.807) is 30.3 Å². The Bertz CT molecular complexity index is 799. The van der Waals surface area contributed by atoms with Crippen molar-refractivity contribution in [3.63, 3.8) is 0 Å². The molecule has 3 rings (SSSR count). The van der Waals surface area contributed by atoms with Crippen molar-refractivity contribution in [2.75, 3.05) is 20.8 Å². The topological polar surface area (TPSA) is 75.0 Å². The first-order valence-corrected chi connectivity index (χ1v) is 6.87. The van der Waals surface area contributed by atoms with Crippen LogP contribution < -0.4 is 9.47 Å². The molecule has 0 saturated carbocycles. The van der Waals surface area contributed by atoms with Gasteiger partial charge in [0.2, 0.25) is 5.76 Å². The summed E-state index contributed by atoms with van der Waals surface area (Å²) in [6.07, 6.45) is 1.55. The lowest BCUT2D eigenvalue weighted by Crippen LogP contribution is -2.19. The number of carbonyl (C=O) groups is 2. The van der Waals surface area contributed by atoms with Gasteiger partial charge in [0.05, 0.1) is 19.8 Å². The first kappa shape index (κ1) is 14.9. The van der Waals surface area contributed by atoms with Crippen molar-refractivity contribution in [1.82, 2.24) is 0 Å². The molecule has 0 aliphatic carbocycles. The molecule has 2 heterocycles. The molecule has 0 spiro atoms. The monoisotopic (exact) mass is 314 g/mol. The molecular weight excluding hydrogens is 300 g/mol. The van der Waals surface area contributed by atoms with E-state index in [-0.39, 0.29) is 18.2 Å². The van der Waals surface area contributed by atoms with Crippen LogP contribution >= 0.6 is 0 Å². The first-order chi connectivity index (χ1) is 11.1. The van der Waals surface area contributed by atoms with Gasteiger partial charge in [-0.05, 0) is 30.3 Å². The van der Waals surface area contributed by atoms with Gasteiger partial charge >= 0.3 is 5.97 Å². The molecular formula is C17H14O6. The molecule has 0 unspecified atom stereocenters. The molecule has 1 aromatic heterocycles. The molecule has 2 aromatic rings. The second-order valence-electron chi connectivity index (χ2n) is 4.82. The zero-order valence-corrected chi connectivity index (χ0v) is 12.6. The van der Waals surface area contributed by atoms with E-state index in [9.17, 15) is 9.59 Å². The van der Waals surface area contributed by atoms with Gasteiger partial charge in [-0.2, -0.15) is 0 Å². The maximum atomic E-state index is 12.5. The van der Waals surface area contributed by atoms with Gasteiger partial charge in [-0.1, -0.05) is 6.07 Å². The predicted octanol–water partition coefficient (Wildman–Crippen LogP) is 2.73. The van der Waals surface area contributed by atoms with E-state index in [4.69, 9.17) is 13.9 Å². The van der Waals surface area contributed by atoms with Crippen LogP contribution in [-0.4, -0.2) is 32.6 Å². The van der Waals surface area contributed by atoms with Crippen molar-refractivity contribution in [2.24, 2.45) is 0 Å². The van der Waals surface area contributed by atoms with E-state index in [1.807, 2.05) is 0 Å². The van der Waals surface area contributed by atoms with Gasteiger partial charge in [0.15, 0.2) is 17.3 Å². The lowest BCUT2D eigenvalue weighted by atomic mass is 9.99. The van der Waals surface area contributed by atoms with Crippen LogP contribution in [0.5, 0.6) is 11.5 Å². The van der Waals surface area contributed by atoms with E-state index >= 15 is 0 Å². The maximum absolute atomic E-state index is 12.5. The zero-order chi connectivity index (χ0) is 16.4. The summed E-state index contributed by atoms with van der Waals surface area (Å²) in [5.74, 6) is 0.666. The number of furan rings is 1. The molecule has 118 valence electrons. The van der Waals surface area contributed by atoms with Gasteiger partial charge in [0, 0.05) is 5.57 Å². The lowest BCUT2D eigenvalue weighted by molar-refractivity contribution is 0.0564. The third kappa shape index (κ3) is 2.70. The van der Waals surface area contributed by atoms with Crippen molar-refractivity contribution < 1.29 is 28.2 Å². The fourth-order valence-corrected chi connectivity index (χ4v) is 2.31. The summed E-state index contributed by atoms with van der Waals surface area (Å²) >= 11 is 0. The highest BCUT2D eigenvalue weighted by Crippen LogP contribution is 2.36. The normalized spacial score (nSPS) is 15.0. The standard InChI is InChI=1S/C17H14O6/c1-20-13-5-3-4-12-15(18)10(9-22-16(12)13)8-11-6-7-14(23-11)17(19)21-2/h3-8H,9H2,1-2H3/b10-8+. The highest BCUT2D eigenvalue weighted by molar-refractivity contribution is 6.14. The summed E-state index contributed by atoms with van der Waals surface area (Å²) < 4.78 is 20.7. The van der Waals surface area contributed by atoms with Gasteiger partial charge in [-0.3, -0.25) is 4.79 Å². The number of ether oxygens (including phenoxy) is 3. The molecule has 0 fully saturated rings. The van der Waals surface area contributed by atoms with Crippen molar-refractivity contribution in [2.45, 2.75) is 0 Å². The number of fused-ring (bicyclic) bond motifs is 1. The van der Waals surface area contributed by atoms with Gasteiger partial charge < -0.3 is 18.6 Å². The third-order valence-corrected chi connectivity index (χ3v) is 3.44. The molecule has 0 atom stereocenters. The van der Waals surface area contributed by atoms with Crippen LogP contribution in [0.2, 0.25) is 0 Å². The number of hydrogen-bond donors (Lipinski definition) is 0. The molecule has 0 bridgehead atoms. The highest BCUT2D eigenvalue weighted by Gasteiger charge is 2.26. The Morgan fingerprint density at radius 3 is 2.78 bits per heavy atom. The Morgan fingerprint density at radius 1 is 1.22 bits per heavy atom. The number of benzene rings is 1. The molecule has 6 nitrogen and oxygen atoms in total. The van der Waals surface area contributed by atoms with Crippen LogP contribution in [0.1, 0.15) is 26.7 Å². The summed E-state index contributed by atoms with van der Waals surface area (Å²) in [7, 11) is 2.79. The Kier molecular flexibility index (Phi) is 3.89. The van der Waals surface area contributed by atoms with Crippen LogP contribution in [0.3, 0.4) is 0 Å². The Hall–Kier alpha value is -3.02. The smallest absolute Gasteiger partial charge is 0.373 e. The van der Waals surface area contributed by atoms with Crippen LogP contribution in [0.4, 0.5) is 0 Å². The van der Waals surface area contributed by atoms with Crippen molar-refractivity contribution in [1.29, 1.82) is 0 Å². The summed E-state index contributed by atoms with van der Waals surface area (Å²) in [5.41, 5.74) is 0.859. The Labute approximate surface area is 132 Å². The summed E-state index contributed by atoms with van der Waals surface area (Å²) in [5, 5.41) is 0. The number of rotatable bonds is 3. The predicted molar refractivity (Wildman–Crippen MR) is 80.8 cm³/mol. The fraction of sp³-hybridized carbons (Fsp3) is 0.176. The summed E-state index contributed by atoms with van der Waals surface area (Å²) in [6.45, 7) is 0.0977. The van der Waals surface area contributed by atoms with Crippen LogP contribution in [0.15, 0.2) is 40.3 Å². The minimum Gasteiger partial charge on any atom is -0.493 e. The number of carbonyl (C=O) groups excluding carboxylic acids is 2.